The molecule has 2 aliphatic heterocycles. The number of nitrogens with one attached hydrogen (secondary N) is 1. The van der Waals surface area contributed by atoms with Crippen molar-refractivity contribution in [2.45, 2.75) is 20.8 Å². The lowest BCUT2D eigenvalue weighted by Gasteiger charge is -2.26. The third-order valence-electron chi connectivity index (χ3n) is 5.07. The topological polar surface area (TPSA) is 77.1 Å². The Morgan fingerprint density at radius 1 is 1.10 bits per heavy atom. The zero-order valence-electron chi connectivity index (χ0n) is 17.2. The summed E-state index contributed by atoms with van der Waals surface area (Å²) in [6, 6.07) is 10.8. The van der Waals surface area contributed by atoms with Crippen molar-refractivity contribution in [1.82, 2.24) is 0 Å². The van der Waals surface area contributed by atoms with Crippen molar-refractivity contribution in [2.24, 2.45) is 5.41 Å². The molecule has 156 valence electrons. The zero-order valence-corrected chi connectivity index (χ0v) is 17.2. The fourth-order valence-corrected chi connectivity index (χ4v) is 3.41. The van der Waals surface area contributed by atoms with E-state index in [-0.39, 0.29) is 25.2 Å². The molecule has 0 saturated carbocycles. The lowest BCUT2D eigenvalue weighted by atomic mass is 9.93. The number of carbonyl (C=O) groups excluding carboxylic acids is 2. The lowest BCUT2D eigenvalue weighted by Crippen LogP contribution is -2.42. The van der Waals surface area contributed by atoms with Crippen LogP contribution in [0.15, 0.2) is 42.5 Å². The molecule has 2 aromatic rings. The predicted octanol–water partition coefficient (Wildman–Crippen LogP) is 3.84. The van der Waals surface area contributed by atoms with Gasteiger partial charge in [-0.3, -0.25) is 9.59 Å². The Balaban J connectivity index is 1.49. The van der Waals surface area contributed by atoms with Crippen molar-refractivity contribution in [3.05, 3.63) is 48.0 Å². The van der Waals surface area contributed by atoms with Gasteiger partial charge in [0.2, 0.25) is 18.6 Å². The summed E-state index contributed by atoms with van der Waals surface area (Å²) >= 11 is 0. The van der Waals surface area contributed by atoms with E-state index in [1.165, 1.54) is 6.08 Å². The molecule has 0 aromatic heterocycles. The van der Waals surface area contributed by atoms with E-state index in [1.807, 2.05) is 39.0 Å². The summed E-state index contributed by atoms with van der Waals surface area (Å²) in [5.41, 5.74) is 1.52. The SMILES string of the molecule is CCN1C(=O)C(C)(C)COc2cc(NC(=O)/C=C/c3ccc4c(c3)OCO4)ccc21. The molecular formula is C23H24N2O5. The first-order chi connectivity index (χ1) is 14.4. The van der Waals surface area contributed by atoms with Crippen LogP contribution in [0.1, 0.15) is 26.3 Å². The normalized spacial score (nSPS) is 16.8. The van der Waals surface area contributed by atoms with Gasteiger partial charge in [0.1, 0.15) is 12.4 Å². The van der Waals surface area contributed by atoms with Crippen LogP contribution in [-0.4, -0.2) is 31.8 Å². The molecule has 0 saturated heterocycles. The highest BCUT2D eigenvalue weighted by Gasteiger charge is 2.37. The fourth-order valence-electron chi connectivity index (χ4n) is 3.41. The molecular weight excluding hydrogens is 384 g/mol. The van der Waals surface area contributed by atoms with E-state index in [1.54, 1.807) is 29.2 Å². The number of benzene rings is 2. The van der Waals surface area contributed by atoms with Crippen LogP contribution in [0, 0.1) is 5.41 Å². The molecule has 4 rings (SSSR count). The van der Waals surface area contributed by atoms with Gasteiger partial charge in [-0.1, -0.05) is 6.07 Å². The summed E-state index contributed by atoms with van der Waals surface area (Å²) in [7, 11) is 0. The number of rotatable bonds is 4. The molecule has 2 aliphatic rings. The second-order valence-corrected chi connectivity index (χ2v) is 7.84. The van der Waals surface area contributed by atoms with Crippen LogP contribution in [0.3, 0.4) is 0 Å². The third kappa shape index (κ3) is 3.83. The molecule has 30 heavy (non-hydrogen) atoms. The van der Waals surface area contributed by atoms with E-state index in [0.29, 0.717) is 35.2 Å². The van der Waals surface area contributed by atoms with Crippen molar-refractivity contribution in [2.75, 3.05) is 30.2 Å². The average molecular weight is 408 g/mol. The van der Waals surface area contributed by atoms with E-state index in [4.69, 9.17) is 14.2 Å². The quantitative estimate of drug-likeness (QED) is 0.778. The number of hydrogen-bond acceptors (Lipinski definition) is 5. The van der Waals surface area contributed by atoms with Gasteiger partial charge in [-0.05, 0) is 56.7 Å². The summed E-state index contributed by atoms with van der Waals surface area (Å²) < 4.78 is 16.5. The summed E-state index contributed by atoms with van der Waals surface area (Å²) in [5.74, 6) is 1.69. The van der Waals surface area contributed by atoms with Crippen molar-refractivity contribution < 1.29 is 23.8 Å². The third-order valence-corrected chi connectivity index (χ3v) is 5.07. The molecule has 0 radical (unpaired) electrons. The lowest BCUT2D eigenvalue weighted by molar-refractivity contribution is -0.127. The van der Waals surface area contributed by atoms with Gasteiger partial charge in [0, 0.05) is 24.4 Å². The summed E-state index contributed by atoms with van der Waals surface area (Å²) in [4.78, 5) is 26.9. The number of fused-ring (bicyclic) bond motifs is 2. The molecule has 2 heterocycles. The zero-order chi connectivity index (χ0) is 21.3. The Bertz CT molecular complexity index is 1030. The number of nitrogens with zero attached hydrogens (tertiary/aromatic N) is 1. The highest BCUT2D eigenvalue weighted by atomic mass is 16.7. The van der Waals surface area contributed by atoms with E-state index in [9.17, 15) is 9.59 Å². The molecule has 7 heteroatoms. The van der Waals surface area contributed by atoms with E-state index in [2.05, 4.69) is 5.32 Å². The monoisotopic (exact) mass is 408 g/mol. The van der Waals surface area contributed by atoms with E-state index < -0.39 is 5.41 Å². The minimum absolute atomic E-state index is 0.0206. The van der Waals surface area contributed by atoms with Gasteiger partial charge < -0.3 is 24.4 Å². The molecule has 2 aromatic carbocycles. The maximum absolute atomic E-state index is 12.8. The largest absolute Gasteiger partial charge is 0.490 e. The molecule has 0 unspecified atom stereocenters. The van der Waals surface area contributed by atoms with Gasteiger partial charge >= 0.3 is 0 Å². The maximum Gasteiger partial charge on any atom is 0.248 e. The minimum Gasteiger partial charge on any atom is -0.490 e. The van der Waals surface area contributed by atoms with Gasteiger partial charge in [-0.2, -0.15) is 0 Å². The summed E-state index contributed by atoms with van der Waals surface area (Å²) in [5, 5.41) is 2.83. The van der Waals surface area contributed by atoms with Crippen molar-refractivity contribution in [3.63, 3.8) is 0 Å². The van der Waals surface area contributed by atoms with Crippen molar-refractivity contribution in [3.8, 4) is 17.2 Å². The molecule has 7 nitrogen and oxygen atoms in total. The number of carbonyl (C=O) groups is 2. The van der Waals surface area contributed by atoms with Crippen LogP contribution in [0.2, 0.25) is 0 Å². The molecule has 0 atom stereocenters. The van der Waals surface area contributed by atoms with Crippen molar-refractivity contribution in [1.29, 1.82) is 0 Å². The molecule has 0 fully saturated rings. The van der Waals surface area contributed by atoms with Crippen molar-refractivity contribution >= 4 is 29.3 Å². The Morgan fingerprint density at radius 2 is 1.90 bits per heavy atom. The summed E-state index contributed by atoms with van der Waals surface area (Å²) in [6.45, 7) is 6.70. The predicted molar refractivity (Wildman–Crippen MR) is 114 cm³/mol. The van der Waals surface area contributed by atoms with Crippen LogP contribution < -0.4 is 24.4 Å². The average Bonchev–Trinajstić information content (AvgIpc) is 3.17. The van der Waals surface area contributed by atoms with Gasteiger partial charge in [0.05, 0.1) is 11.1 Å². The Kier molecular flexibility index (Phi) is 5.11. The first-order valence-corrected chi connectivity index (χ1v) is 9.85. The summed E-state index contributed by atoms with van der Waals surface area (Å²) in [6.07, 6.45) is 3.16. The number of amides is 2. The molecule has 2 amide bonds. The van der Waals surface area contributed by atoms with Gasteiger partial charge in [-0.15, -0.1) is 0 Å². The van der Waals surface area contributed by atoms with Crippen LogP contribution in [0.5, 0.6) is 17.2 Å². The smallest absolute Gasteiger partial charge is 0.248 e. The molecule has 0 spiro atoms. The Hall–Kier alpha value is -3.48. The molecule has 0 aliphatic carbocycles. The standard InChI is InChI=1S/C23H24N2O5/c1-4-25-17-8-7-16(12-19(17)28-13-23(2,3)22(25)27)24-21(26)10-6-15-5-9-18-20(11-15)30-14-29-18/h5-12H,4,13-14H2,1-3H3,(H,24,26)/b10-6+. The van der Waals surface area contributed by atoms with E-state index >= 15 is 0 Å². The highest BCUT2D eigenvalue weighted by molar-refractivity contribution is 6.03. The second kappa shape index (κ2) is 7.74. The molecule has 1 N–H and O–H groups in total. The number of ether oxygens (including phenoxy) is 3. The van der Waals surface area contributed by atoms with E-state index in [0.717, 1.165) is 5.56 Å². The molecule has 0 bridgehead atoms. The van der Waals surface area contributed by atoms with Crippen LogP contribution >= 0.6 is 0 Å². The van der Waals surface area contributed by atoms with Crippen LogP contribution in [0.4, 0.5) is 11.4 Å². The van der Waals surface area contributed by atoms with Gasteiger partial charge in [0.15, 0.2) is 11.5 Å². The van der Waals surface area contributed by atoms with Crippen LogP contribution in [0.25, 0.3) is 6.08 Å². The first kappa shape index (κ1) is 19.8. The number of hydrogen-bond donors (Lipinski definition) is 1. The Morgan fingerprint density at radius 3 is 2.70 bits per heavy atom. The first-order valence-electron chi connectivity index (χ1n) is 9.85. The number of anilines is 2. The highest BCUT2D eigenvalue weighted by Crippen LogP contribution is 2.38. The van der Waals surface area contributed by atoms with Crippen LogP contribution in [-0.2, 0) is 9.59 Å². The maximum atomic E-state index is 12.8. The minimum atomic E-state index is -0.619. The van der Waals surface area contributed by atoms with Gasteiger partial charge in [-0.25, -0.2) is 0 Å². The van der Waals surface area contributed by atoms with Gasteiger partial charge in [0.25, 0.3) is 0 Å². The fraction of sp³-hybridized carbons (Fsp3) is 0.304. The Labute approximate surface area is 175 Å². The second-order valence-electron chi connectivity index (χ2n) is 7.84.